The molecule has 1 aliphatic heterocycles. The highest BCUT2D eigenvalue weighted by atomic mass is 16.4. The standard InChI is InChI=1S/C14H21N3O2/c1-9-7-17(8-10(2)16(9)3)11-4-5-12(14(18)19)13(15)6-11/h4-6,9-10H,7-8,15H2,1-3H3,(H,18,19). The summed E-state index contributed by atoms with van der Waals surface area (Å²) >= 11 is 0. The number of benzene rings is 1. The molecule has 0 spiro atoms. The first-order valence-corrected chi connectivity index (χ1v) is 6.50. The van der Waals surface area contributed by atoms with Gasteiger partial charge >= 0.3 is 5.97 Å². The van der Waals surface area contributed by atoms with E-state index in [0.717, 1.165) is 18.8 Å². The number of aromatic carboxylic acids is 1. The molecular weight excluding hydrogens is 242 g/mol. The molecule has 0 radical (unpaired) electrons. The van der Waals surface area contributed by atoms with Crippen molar-refractivity contribution < 1.29 is 9.90 Å². The van der Waals surface area contributed by atoms with Crippen molar-refractivity contribution >= 4 is 17.3 Å². The zero-order valence-corrected chi connectivity index (χ0v) is 11.6. The average Bonchev–Trinajstić information content (AvgIpc) is 2.34. The fraction of sp³-hybridized carbons (Fsp3) is 0.500. The molecule has 0 amide bonds. The minimum atomic E-state index is -0.982. The first-order valence-electron chi connectivity index (χ1n) is 6.50. The average molecular weight is 263 g/mol. The summed E-state index contributed by atoms with van der Waals surface area (Å²) in [5.74, 6) is -0.982. The Kier molecular flexibility index (Phi) is 3.66. The number of carbonyl (C=O) groups is 1. The third kappa shape index (κ3) is 2.66. The molecule has 3 N–H and O–H groups in total. The third-order valence-electron chi connectivity index (χ3n) is 3.99. The number of hydrogen-bond acceptors (Lipinski definition) is 4. The molecule has 1 heterocycles. The molecule has 1 fully saturated rings. The van der Waals surface area contributed by atoms with Gasteiger partial charge in [-0.3, -0.25) is 4.90 Å². The van der Waals surface area contributed by atoms with Gasteiger partial charge in [0.25, 0.3) is 0 Å². The molecule has 1 aromatic carbocycles. The van der Waals surface area contributed by atoms with Crippen molar-refractivity contribution in [1.82, 2.24) is 4.90 Å². The van der Waals surface area contributed by atoms with E-state index in [4.69, 9.17) is 10.8 Å². The number of likely N-dealkylation sites (N-methyl/N-ethyl adjacent to an activating group) is 1. The normalized spacial score (nSPS) is 24.5. The molecule has 2 unspecified atom stereocenters. The predicted molar refractivity (Wildman–Crippen MR) is 76.7 cm³/mol. The van der Waals surface area contributed by atoms with E-state index < -0.39 is 5.97 Å². The zero-order valence-electron chi connectivity index (χ0n) is 11.6. The molecule has 5 heteroatoms. The number of anilines is 2. The Morgan fingerprint density at radius 3 is 2.37 bits per heavy atom. The molecule has 1 aliphatic rings. The van der Waals surface area contributed by atoms with Crippen LogP contribution in [0.5, 0.6) is 0 Å². The minimum Gasteiger partial charge on any atom is -0.478 e. The number of carboxylic acid groups (broad SMARTS) is 1. The molecule has 0 aromatic heterocycles. The second kappa shape index (κ2) is 5.09. The van der Waals surface area contributed by atoms with Crippen LogP contribution in [0.15, 0.2) is 18.2 Å². The van der Waals surface area contributed by atoms with Gasteiger partial charge in [0.05, 0.1) is 5.56 Å². The SMILES string of the molecule is CC1CN(c2ccc(C(=O)O)c(N)c2)CC(C)N1C. The molecule has 19 heavy (non-hydrogen) atoms. The van der Waals surface area contributed by atoms with Crippen LogP contribution in [0.25, 0.3) is 0 Å². The summed E-state index contributed by atoms with van der Waals surface area (Å²) in [5, 5.41) is 8.99. The number of nitrogens with zero attached hydrogens (tertiary/aromatic N) is 2. The number of carboxylic acids is 1. The Bertz CT molecular complexity index is 478. The number of piperazine rings is 1. The van der Waals surface area contributed by atoms with E-state index in [1.165, 1.54) is 0 Å². The predicted octanol–water partition coefficient (Wildman–Crippen LogP) is 1.50. The van der Waals surface area contributed by atoms with Crippen molar-refractivity contribution in [2.75, 3.05) is 30.8 Å². The minimum absolute atomic E-state index is 0.166. The van der Waals surface area contributed by atoms with Gasteiger partial charge in [-0.1, -0.05) is 0 Å². The van der Waals surface area contributed by atoms with Crippen LogP contribution in [0.4, 0.5) is 11.4 Å². The summed E-state index contributed by atoms with van der Waals surface area (Å²) in [5.41, 5.74) is 7.29. The van der Waals surface area contributed by atoms with E-state index in [-0.39, 0.29) is 5.56 Å². The van der Waals surface area contributed by atoms with Crippen molar-refractivity contribution in [1.29, 1.82) is 0 Å². The second-order valence-electron chi connectivity index (χ2n) is 5.35. The lowest BCUT2D eigenvalue weighted by Gasteiger charge is -2.43. The van der Waals surface area contributed by atoms with E-state index in [2.05, 4.69) is 30.7 Å². The van der Waals surface area contributed by atoms with Gasteiger partial charge in [0.2, 0.25) is 0 Å². The van der Waals surface area contributed by atoms with Gasteiger partial charge < -0.3 is 15.7 Å². The van der Waals surface area contributed by atoms with Crippen LogP contribution in [-0.4, -0.2) is 48.2 Å². The lowest BCUT2D eigenvalue weighted by Crippen LogP contribution is -2.55. The van der Waals surface area contributed by atoms with Crippen LogP contribution in [0.2, 0.25) is 0 Å². The van der Waals surface area contributed by atoms with E-state index in [1.54, 1.807) is 12.1 Å². The Morgan fingerprint density at radius 1 is 1.32 bits per heavy atom. The molecule has 0 aliphatic carbocycles. The van der Waals surface area contributed by atoms with Crippen molar-refractivity contribution in [3.05, 3.63) is 23.8 Å². The summed E-state index contributed by atoms with van der Waals surface area (Å²) in [4.78, 5) is 15.6. The largest absolute Gasteiger partial charge is 0.478 e. The molecule has 5 nitrogen and oxygen atoms in total. The highest BCUT2D eigenvalue weighted by Gasteiger charge is 2.26. The summed E-state index contributed by atoms with van der Waals surface area (Å²) < 4.78 is 0. The fourth-order valence-electron chi connectivity index (χ4n) is 2.56. The first kappa shape index (κ1) is 13.7. The van der Waals surface area contributed by atoms with E-state index >= 15 is 0 Å². The molecule has 2 rings (SSSR count). The molecule has 1 saturated heterocycles. The molecule has 0 saturated carbocycles. The fourth-order valence-corrected chi connectivity index (χ4v) is 2.56. The van der Waals surface area contributed by atoms with Gasteiger partial charge in [0.1, 0.15) is 0 Å². The Hall–Kier alpha value is -1.75. The van der Waals surface area contributed by atoms with Crippen molar-refractivity contribution in [2.45, 2.75) is 25.9 Å². The third-order valence-corrected chi connectivity index (χ3v) is 3.99. The molecule has 104 valence electrons. The van der Waals surface area contributed by atoms with Crippen LogP contribution in [0.3, 0.4) is 0 Å². The van der Waals surface area contributed by atoms with E-state index in [9.17, 15) is 4.79 Å². The van der Waals surface area contributed by atoms with Gasteiger partial charge in [0, 0.05) is 36.5 Å². The highest BCUT2D eigenvalue weighted by Crippen LogP contribution is 2.25. The monoisotopic (exact) mass is 263 g/mol. The Labute approximate surface area is 113 Å². The van der Waals surface area contributed by atoms with Crippen molar-refractivity contribution in [2.24, 2.45) is 0 Å². The Morgan fingerprint density at radius 2 is 1.89 bits per heavy atom. The maximum atomic E-state index is 11.0. The number of nitrogen functional groups attached to an aromatic ring is 1. The maximum absolute atomic E-state index is 11.0. The maximum Gasteiger partial charge on any atom is 0.337 e. The topological polar surface area (TPSA) is 69.8 Å². The number of nitrogens with two attached hydrogens (primary N) is 1. The van der Waals surface area contributed by atoms with Gasteiger partial charge in [0.15, 0.2) is 0 Å². The van der Waals surface area contributed by atoms with Crippen LogP contribution in [0, 0.1) is 0 Å². The van der Waals surface area contributed by atoms with Gasteiger partial charge in [-0.05, 0) is 39.1 Å². The molecule has 1 aromatic rings. The van der Waals surface area contributed by atoms with Crippen LogP contribution in [0.1, 0.15) is 24.2 Å². The van der Waals surface area contributed by atoms with E-state index in [1.807, 2.05) is 6.07 Å². The second-order valence-corrected chi connectivity index (χ2v) is 5.35. The van der Waals surface area contributed by atoms with Gasteiger partial charge in [-0.15, -0.1) is 0 Å². The van der Waals surface area contributed by atoms with E-state index in [0.29, 0.717) is 17.8 Å². The Balaban J connectivity index is 2.23. The number of rotatable bonds is 2. The summed E-state index contributed by atoms with van der Waals surface area (Å²) in [6, 6.07) is 6.10. The van der Waals surface area contributed by atoms with Crippen LogP contribution >= 0.6 is 0 Å². The quantitative estimate of drug-likeness (QED) is 0.791. The summed E-state index contributed by atoms with van der Waals surface area (Å²) in [6.07, 6.45) is 0. The molecular formula is C14H21N3O2. The summed E-state index contributed by atoms with van der Waals surface area (Å²) in [6.45, 7) is 6.23. The zero-order chi connectivity index (χ0) is 14.2. The molecule has 0 bridgehead atoms. The number of hydrogen-bond donors (Lipinski definition) is 2. The van der Waals surface area contributed by atoms with Crippen LogP contribution in [-0.2, 0) is 0 Å². The van der Waals surface area contributed by atoms with Crippen molar-refractivity contribution in [3.8, 4) is 0 Å². The highest BCUT2D eigenvalue weighted by molar-refractivity contribution is 5.94. The van der Waals surface area contributed by atoms with Crippen molar-refractivity contribution in [3.63, 3.8) is 0 Å². The van der Waals surface area contributed by atoms with Gasteiger partial charge in [-0.2, -0.15) is 0 Å². The van der Waals surface area contributed by atoms with Crippen LogP contribution < -0.4 is 10.6 Å². The summed E-state index contributed by atoms with van der Waals surface area (Å²) in [7, 11) is 2.13. The molecule has 2 atom stereocenters. The lowest BCUT2D eigenvalue weighted by atomic mass is 10.1. The smallest absolute Gasteiger partial charge is 0.337 e. The lowest BCUT2D eigenvalue weighted by molar-refractivity contribution is 0.0698. The first-order chi connectivity index (χ1) is 8.90. The van der Waals surface area contributed by atoms with Gasteiger partial charge in [-0.25, -0.2) is 4.79 Å².